The molecule has 7 nitrogen and oxygen atoms in total. The number of halogens is 1. The summed E-state index contributed by atoms with van der Waals surface area (Å²) in [6.45, 7) is 3.43. The lowest BCUT2D eigenvalue weighted by molar-refractivity contribution is -0.131. The van der Waals surface area contributed by atoms with Crippen LogP contribution in [0.1, 0.15) is 29.6 Å². The predicted molar refractivity (Wildman–Crippen MR) is 134 cm³/mol. The van der Waals surface area contributed by atoms with E-state index in [-0.39, 0.29) is 35.8 Å². The summed E-state index contributed by atoms with van der Waals surface area (Å²) < 4.78 is 14.1. The van der Waals surface area contributed by atoms with Gasteiger partial charge in [0, 0.05) is 49.7 Å². The molecule has 0 aliphatic carbocycles. The van der Waals surface area contributed by atoms with Crippen molar-refractivity contribution in [3.63, 3.8) is 0 Å². The van der Waals surface area contributed by atoms with Crippen molar-refractivity contribution in [2.75, 3.05) is 61.4 Å². The van der Waals surface area contributed by atoms with Gasteiger partial charge in [-0.3, -0.25) is 14.4 Å². The van der Waals surface area contributed by atoms with Gasteiger partial charge in [-0.25, -0.2) is 4.39 Å². The van der Waals surface area contributed by atoms with Crippen molar-refractivity contribution >= 4 is 40.9 Å². The van der Waals surface area contributed by atoms with E-state index < -0.39 is 0 Å². The molecule has 0 unspecified atom stereocenters. The lowest BCUT2D eigenvalue weighted by Gasteiger charge is -2.37. The molecular formula is C26H29FN4O3S. The van der Waals surface area contributed by atoms with Gasteiger partial charge >= 0.3 is 0 Å². The number of fused-ring (bicyclic) bond motifs is 1. The first-order valence-corrected chi connectivity index (χ1v) is 13.1. The summed E-state index contributed by atoms with van der Waals surface area (Å²) in [7, 11) is 0. The van der Waals surface area contributed by atoms with Crippen molar-refractivity contribution in [2.45, 2.75) is 24.2 Å². The number of carbonyl (C=O) groups excluding carboxylic acids is 3. The average Bonchev–Trinajstić information content (AvgIpc) is 2.90. The molecule has 0 N–H and O–H groups in total. The van der Waals surface area contributed by atoms with Crippen molar-refractivity contribution in [1.82, 2.24) is 9.80 Å². The molecular weight excluding hydrogens is 467 g/mol. The molecule has 0 radical (unpaired) electrons. The first kappa shape index (κ1) is 23.7. The van der Waals surface area contributed by atoms with E-state index in [0.29, 0.717) is 43.1 Å². The van der Waals surface area contributed by atoms with Crippen molar-refractivity contribution in [2.24, 2.45) is 0 Å². The molecule has 0 bridgehead atoms. The van der Waals surface area contributed by atoms with Gasteiger partial charge in [-0.15, -0.1) is 11.8 Å². The van der Waals surface area contributed by atoms with E-state index >= 15 is 0 Å². The molecule has 0 spiro atoms. The van der Waals surface area contributed by atoms with Crippen LogP contribution in [-0.2, 0) is 9.59 Å². The van der Waals surface area contributed by atoms with Crippen LogP contribution in [0.3, 0.4) is 0 Å². The molecule has 5 rings (SSSR count). The normalized spacial score (nSPS) is 18.5. The van der Waals surface area contributed by atoms with E-state index in [0.717, 1.165) is 37.2 Å². The molecule has 3 heterocycles. The Labute approximate surface area is 208 Å². The zero-order chi connectivity index (χ0) is 24.4. The summed E-state index contributed by atoms with van der Waals surface area (Å²) in [6.07, 6.45) is 3.16. The fraction of sp³-hybridized carbons (Fsp3) is 0.423. The first-order valence-electron chi connectivity index (χ1n) is 12.1. The Morgan fingerprint density at radius 3 is 2.34 bits per heavy atom. The van der Waals surface area contributed by atoms with Crippen LogP contribution in [0.5, 0.6) is 0 Å². The summed E-state index contributed by atoms with van der Waals surface area (Å²) in [5, 5.41) is 0. The van der Waals surface area contributed by atoms with Crippen LogP contribution in [0, 0.1) is 5.82 Å². The Hall–Kier alpha value is -3.07. The minimum absolute atomic E-state index is 0.0222. The SMILES string of the molecule is O=C(CN1C(=O)CSc2ccc(C(=O)N3CCCCC3)cc21)N1CCN(c2ccccc2F)CC1. The van der Waals surface area contributed by atoms with Crippen molar-refractivity contribution < 1.29 is 18.8 Å². The molecule has 0 aromatic heterocycles. The van der Waals surface area contributed by atoms with Crippen LogP contribution >= 0.6 is 11.8 Å². The van der Waals surface area contributed by atoms with Crippen LogP contribution in [0.15, 0.2) is 47.4 Å². The number of anilines is 2. The Morgan fingerprint density at radius 1 is 0.857 bits per heavy atom. The molecule has 0 saturated carbocycles. The van der Waals surface area contributed by atoms with E-state index in [1.807, 2.05) is 21.9 Å². The van der Waals surface area contributed by atoms with Crippen LogP contribution in [-0.4, -0.2) is 79.1 Å². The van der Waals surface area contributed by atoms with E-state index in [2.05, 4.69) is 0 Å². The molecule has 0 atom stereocenters. The van der Waals surface area contributed by atoms with Gasteiger partial charge in [-0.05, 0) is 49.6 Å². The molecule has 184 valence electrons. The molecule has 2 fully saturated rings. The number of hydrogen-bond acceptors (Lipinski definition) is 5. The van der Waals surface area contributed by atoms with Crippen LogP contribution < -0.4 is 9.80 Å². The molecule has 3 aliphatic rings. The third-order valence-electron chi connectivity index (χ3n) is 6.91. The number of thioether (sulfide) groups is 1. The highest BCUT2D eigenvalue weighted by molar-refractivity contribution is 8.00. The minimum Gasteiger partial charge on any atom is -0.366 e. The summed E-state index contributed by atoms with van der Waals surface area (Å²) in [5.74, 6) is -0.303. The number of nitrogens with zero attached hydrogens (tertiary/aromatic N) is 4. The molecule has 2 aromatic rings. The number of hydrogen-bond donors (Lipinski definition) is 0. The Balaban J connectivity index is 1.27. The van der Waals surface area contributed by atoms with Crippen LogP contribution in [0.2, 0.25) is 0 Å². The maximum atomic E-state index is 14.1. The summed E-state index contributed by atoms with van der Waals surface area (Å²) >= 11 is 1.44. The topological polar surface area (TPSA) is 64.2 Å². The van der Waals surface area contributed by atoms with Crippen molar-refractivity contribution in [1.29, 1.82) is 0 Å². The third-order valence-corrected chi connectivity index (χ3v) is 7.96. The largest absolute Gasteiger partial charge is 0.366 e. The van der Waals surface area contributed by atoms with E-state index in [4.69, 9.17) is 0 Å². The summed E-state index contributed by atoms with van der Waals surface area (Å²) in [5.41, 5.74) is 1.73. The zero-order valence-electron chi connectivity index (χ0n) is 19.6. The zero-order valence-corrected chi connectivity index (χ0v) is 20.4. The number of amides is 3. The summed E-state index contributed by atoms with van der Waals surface area (Å²) in [6, 6.07) is 12.1. The molecule has 35 heavy (non-hydrogen) atoms. The molecule has 9 heteroatoms. The fourth-order valence-electron chi connectivity index (χ4n) is 4.93. The number of piperazine rings is 1. The number of rotatable bonds is 4. The second kappa shape index (κ2) is 10.3. The fourth-order valence-corrected chi connectivity index (χ4v) is 5.84. The highest BCUT2D eigenvalue weighted by Gasteiger charge is 2.31. The Morgan fingerprint density at radius 2 is 1.60 bits per heavy atom. The maximum absolute atomic E-state index is 14.1. The van der Waals surface area contributed by atoms with E-state index in [1.54, 1.807) is 29.2 Å². The number of carbonyl (C=O) groups is 3. The van der Waals surface area contributed by atoms with Gasteiger partial charge < -0.3 is 19.6 Å². The molecule has 2 aromatic carbocycles. The minimum atomic E-state index is -0.268. The molecule has 2 saturated heterocycles. The summed E-state index contributed by atoms with van der Waals surface area (Å²) in [4.78, 5) is 47.0. The average molecular weight is 497 g/mol. The first-order chi connectivity index (χ1) is 17.0. The van der Waals surface area contributed by atoms with Gasteiger partial charge in [-0.1, -0.05) is 12.1 Å². The highest BCUT2D eigenvalue weighted by Crippen LogP contribution is 2.36. The van der Waals surface area contributed by atoms with Gasteiger partial charge in [0.15, 0.2) is 0 Å². The Bertz CT molecular complexity index is 1130. The monoisotopic (exact) mass is 496 g/mol. The van der Waals surface area contributed by atoms with E-state index in [1.165, 1.54) is 22.7 Å². The third kappa shape index (κ3) is 5.00. The Kier molecular flexibility index (Phi) is 6.95. The highest BCUT2D eigenvalue weighted by atomic mass is 32.2. The smallest absolute Gasteiger partial charge is 0.253 e. The quantitative estimate of drug-likeness (QED) is 0.650. The van der Waals surface area contributed by atoms with Crippen LogP contribution in [0.4, 0.5) is 15.8 Å². The number of piperidine rings is 1. The lowest BCUT2D eigenvalue weighted by atomic mass is 10.1. The van der Waals surface area contributed by atoms with Crippen LogP contribution in [0.25, 0.3) is 0 Å². The van der Waals surface area contributed by atoms with Gasteiger partial charge in [0.05, 0.1) is 17.1 Å². The van der Waals surface area contributed by atoms with Crippen molar-refractivity contribution in [3.8, 4) is 0 Å². The number of benzene rings is 2. The molecule has 3 amide bonds. The molecule has 3 aliphatic heterocycles. The van der Waals surface area contributed by atoms with Gasteiger partial charge in [0.1, 0.15) is 12.4 Å². The number of para-hydroxylation sites is 1. The standard InChI is InChI=1S/C26H29FN4O3S/c27-20-6-2-3-7-21(20)28-12-14-29(15-13-28)24(32)17-31-22-16-19(8-9-23(22)35-18-25(31)33)26(34)30-10-4-1-5-11-30/h2-3,6-9,16H,1,4-5,10-15,17-18H2. The van der Waals surface area contributed by atoms with E-state index in [9.17, 15) is 18.8 Å². The second-order valence-electron chi connectivity index (χ2n) is 9.12. The number of likely N-dealkylation sites (tertiary alicyclic amines) is 1. The van der Waals surface area contributed by atoms with Gasteiger partial charge in [0.2, 0.25) is 11.8 Å². The van der Waals surface area contributed by atoms with Gasteiger partial charge in [-0.2, -0.15) is 0 Å². The van der Waals surface area contributed by atoms with Crippen molar-refractivity contribution in [3.05, 3.63) is 53.8 Å². The second-order valence-corrected chi connectivity index (χ2v) is 10.1. The maximum Gasteiger partial charge on any atom is 0.253 e. The lowest BCUT2D eigenvalue weighted by Crippen LogP contribution is -2.52. The predicted octanol–water partition coefficient (Wildman–Crippen LogP) is 3.24. The van der Waals surface area contributed by atoms with Gasteiger partial charge in [0.25, 0.3) is 5.91 Å².